The number of carboxylic acids is 1. The molecule has 2 aromatic rings. The van der Waals surface area contributed by atoms with E-state index in [0.29, 0.717) is 6.54 Å². The summed E-state index contributed by atoms with van der Waals surface area (Å²) in [5, 5.41) is 12.9. The summed E-state index contributed by atoms with van der Waals surface area (Å²) in [6.45, 7) is 3.33. The molecule has 17 heavy (non-hydrogen) atoms. The van der Waals surface area contributed by atoms with Crippen molar-refractivity contribution in [3.05, 3.63) is 30.4 Å². The maximum Gasteiger partial charge on any atom is 0.356 e. The fraction of sp³-hybridized carbons (Fsp3) is 0.400. The van der Waals surface area contributed by atoms with E-state index < -0.39 is 5.97 Å². The fourth-order valence-corrected chi connectivity index (χ4v) is 1.53. The number of hydrogen-bond donors (Lipinski definition) is 1. The quantitative estimate of drug-likeness (QED) is 0.821. The first kappa shape index (κ1) is 11.3. The smallest absolute Gasteiger partial charge is 0.356 e. The number of carboxylic acid groups (broad SMARTS) is 1. The van der Waals surface area contributed by atoms with Crippen LogP contribution < -0.4 is 0 Å². The molecule has 2 rings (SSSR count). The minimum absolute atomic E-state index is 0.0338. The Morgan fingerprint density at radius 1 is 1.47 bits per heavy atom. The second-order valence-corrected chi connectivity index (χ2v) is 3.64. The van der Waals surface area contributed by atoms with E-state index in [9.17, 15) is 4.79 Å². The van der Waals surface area contributed by atoms with Crippen molar-refractivity contribution < 1.29 is 9.90 Å². The van der Waals surface area contributed by atoms with Crippen molar-refractivity contribution in [2.45, 2.75) is 26.4 Å². The van der Waals surface area contributed by atoms with Crippen LogP contribution in [-0.2, 0) is 13.1 Å². The van der Waals surface area contributed by atoms with Gasteiger partial charge in [-0.2, -0.15) is 5.10 Å². The monoisotopic (exact) mass is 235 g/mol. The topological polar surface area (TPSA) is 85.8 Å². The van der Waals surface area contributed by atoms with Gasteiger partial charge < -0.3 is 9.67 Å². The zero-order chi connectivity index (χ0) is 12.3. The third kappa shape index (κ3) is 2.49. The third-order valence-electron chi connectivity index (χ3n) is 2.31. The molecule has 0 aliphatic heterocycles. The molecule has 2 heterocycles. The van der Waals surface area contributed by atoms with Gasteiger partial charge in [-0.1, -0.05) is 6.92 Å². The number of rotatable bonds is 5. The lowest BCUT2D eigenvalue weighted by Gasteiger charge is -2.04. The van der Waals surface area contributed by atoms with E-state index in [-0.39, 0.29) is 5.69 Å². The molecule has 0 aliphatic rings. The molecule has 0 radical (unpaired) electrons. The first-order chi connectivity index (χ1) is 8.20. The van der Waals surface area contributed by atoms with Gasteiger partial charge in [0.15, 0.2) is 5.69 Å². The van der Waals surface area contributed by atoms with E-state index in [1.54, 1.807) is 9.25 Å². The SMILES string of the molecule is CCCn1ncnc1Cn1cnc(C(=O)O)c1. The highest BCUT2D eigenvalue weighted by molar-refractivity contribution is 5.84. The standard InChI is InChI=1S/C10H13N5O2/c1-2-3-15-9(11-6-13-15)5-14-4-8(10(16)17)12-7-14/h4,6-7H,2-3,5H2,1H3,(H,16,17). The van der Waals surface area contributed by atoms with Gasteiger partial charge in [0.05, 0.1) is 12.9 Å². The molecular formula is C10H13N5O2. The van der Waals surface area contributed by atoms with Crippen LogP contribution in [0.2, 0.25) is 0 Å². The lowest BCUT2D eigenvalue weighted by atomic mass is 10.4. The first-order valence-corrected chi connectivity index (χ1v) is 5.32. The molecule has 0 unspecified atom stereocenters. The molecule has 0 saturated carbocycles. The average Bonchev–Trinajstić information content (AvgIpc) is 2.90. The molecule has 0 amide bonds. The molecule has 0 fully saturated rings. The van der Waals surface area contributed by atoms with Gasteiger partial charge in [-0.15, -0.1) is 0 Å². The average molecular weight is 235 g/mol. The Morgan fingerprint density at radius 2 is 2.29 bits per heavy atom. The van der Waals surface area contributed by atoms with Gasteiger partial charge in [-0.05, 0) is 6.42 Å². The van der Waals surface area contributed by atoms with Crippen molar-refractivity contribution in [1.82, 2.24) is 24.3 Å². The Labute approximate surface area is 97.7 Å². The molecule has 7 heteroatoms. The molecule has 0 spiro atoms. The molecule has 1 N–H and O–H groups in total. The molecule has 0 aliphatic carbocycles. The van der Waals surface area contributed by atoms with Gasteiger partial charge in [-0.3, -0.25) is 0 Å². The fourth-order valence-electron chi connectivity index (χ4n) is 1.53. The van der Waals surface area contributed by atoms with E-state index in [1.165, 1.54) is 18.9 Å². The van der Waals surface area contributed by atoms with Crippen LogP contribution in [0.1, 0.15) is 29.7 Å². The van der Waals surface area contributed by atoms with Gasteiger partial charge in [0, 0.05) is 12.7 Å². The van der Waals surface area contributed by atoms with Crippen LogP contribution in [-0.4, -0.2) is 35.4 Å². The van der Waals surface area contributed by atoms with Gasteiger partial charge in [0.25, 0.3) is 0 Å². The van der Waals surface area contributed by atoms with Crippen molar-refractivity contribution in [3.63, 3.8) is 0 Å². The van der Waals surface area contributed by atoms with Crippen LogP contribution in [0.3, 0.4) is 0 Å². The van der Waals surface area contributed by atoms with Crippen molar-refractivity contribution in [2.24, 2.45) is 0 Å². The van der Waals surface area contributed by atoms with Crippen molar-refractivity contribution in [3.8, 4) is 0 Å². The van der Waals surface area contributed by atoms with Crippen LogP contribution in [0.15, 0.2) is 18.9 Å². The van der Waals surface area contributed by atoms with Crippen molar-refractivity contribution in [1.29, 1.82) is 0 Å². The summed E-state index contributed by atoms with van der Waals surface area (Å²) in [4.78, 5) is 18.6. The van der Waals surface area contributed by atoms with E-state index in [0.717, 1.165) is 18.8 Å². The Hall–Kier alpha value is -2.18. The highest BCUT2D eigenvalue weighted by atomic mass is 16.4. The highest BCUT2D eigenvalue weighted by Gasteiger charge is 2.09. The van der Waals surface area contributed by atoms with Gasteiger partial charge in [0.1, 0.15) is 12.2 Å². The summed E-state index contributed by atoms with van der Waals surface area (Å²) in [5.74, 6) is -0.236. The number of aromatic carboxylic acids is 1. The summed E-state index contributed by atoms with van der Waals surface area (Å²) in [7, 11) is 0. The molecule has 0 saturated heterocycles. The molecule has 0 bridgehead atoms. The number of aromatic nitrogens is 5. The van der Waals surface area contributed by atoms with Crippen LogP contribution in [0, 0.1) is 0 Å². The number of hydrogen-bond acceptors (Lipinski definition) is 4. The number of nitrogens with zero attached hydrogens (tertiary/aromatic N) is 5. The van der Waals surface area contributed by atoms with Crippen LogP contribution in [0.5, 0.6) is 0 Å². The first-order valence-electron chi connectivity index (χ1n) is 5.32. The normalized spacial score (nSPS) is 10.6. The number of carbonyl (C=O) groups is 1. The number of aryl methyl sites for hydroxylation is 1. The summed E-state index contributed by atoms with van der Waals surface area (Å²) >= 11 is 0. The summed E-state index contributed by atoms with van der Waals surface area (Å²) in [6, 6.07) is 0. The molecule has 2 aromatic heterocycles. The van der Waals surface area contributed by atoms with E-state index in [4.69, 9.17) is 5.11 Å². The van der Waals surface area contributed by atoms with E-state index >= 15 is 0 Å². The lowest BCUT2D eigenvalue weighted by Crippen LogP contribution is -2.09. The minimum Gasteiger partial charge on any atom is -0.476 e. The number of imidazole rings is 1. The molecule has 0 atom stereocenters. The maximum absolute atomic E-state index is 10.7. The van der Waals surface area contributed by atoms with Crippen LogP contribution in [0.25, 0.3) is 0 Å². The van der Waals surface area contributed by atoms with Gasteiger partial charge in [-0.25, -0.2) is 19.4 Å². The predicted molar refractivity (Wildman–Crippen MR) is 58.6 cm³/mol. The van der Waals surface area contributed by atoms with Crippen molar-refractivity contribution in [2.75, 3.05) is 0 Å². The van der Waals surface area contributed by atoms with Crippen LogP contribution in [0.4, 0.5) is 0 Å². The second-order valence-electron chi connectivity index (χ2n) is 3.64. The Kier molecular flexibility index (Phi) is 3.17. The molecule has 90 valence electrons. The van der Waals surface area contributed by atoms with Crippen LogP contribution >= 0.6 is 0 Å². The zero-order valence-corrected chi connectivity index (χ0v) is 9.44. The summed E-state index contributed by atoms with van der Waals surface area (Å²) in [5.41, 5.74) is 0.0338. The Bertz CT molecular complexity index is 516. The third-order valence-corrected chi connectivity index (χ3v) is 2.31. The summed E-state index contributed by atoms with van der Waals surface area (Å²) < 4.78 is 3.49. The second kappa shape index (κ2) is 4.77. The Morgan fingerprint density at radius 3 is 2.94 bits per heavy atom. The molecule has 0 aromatic carbocycles. The largest absolute Gasteiger partial charge is 0.476 e. The maximum atomic E-state index is 10.7. The van der Waals surface area contributed by atoms with Gasteiger partial charge in [0.2, 0.25) is 0 Å². The Balaban J connectivity index is 2.13. The van der Waals surface area contributed by atoms with Gasteiger partial charge >= 0.3 is 5.97 Å². The van der Waals surface area contributed by atoms with Crippen molar-refractivity contribution >= 4 is 5.97 Å². The predicted octanol–water partition coefficient (Wildman–Crippen LogP) is 0.631. The van der Waals surface area contributed by atoms with E-state index in [2.05, 4.69) is 22.0 Å². The summed E-state index contributed by atoms with van der Waals surface area (Å²) in [6.07, 6.45) is 5.43. The molecule has 7 nitrogen and oxygen atoms in total. The highest BCUT2D eigenvalue weighted by Crippen LogP contribution is 2.02. The minimum atomic E-state index is -1.03. The molecular weight excluding hydrogens is 222 g/mol. The van der Waals surface area contributed by atoms with E-state index in [1.807, 2.05) is 0 Å². The zero-order valence-electron chi connectivity index (χ0n) is 9.44. The lowest BCUT2D eigenvalue weighted by molar-refractivity contribution is 0.0691.